The van der Waals surface area contributed by atoms with Crippen molar-refractivity contribution >= 4 is 0 Å². The van der Waals surface area contributed by atoms with Gasteiger partial charge in [0.25, 0.3) is 0 Å². The summed E-state index contributed by atoms with van der Waals surface area (Å²) in [5.74, 6) is 1.71. The van der Waals surface area contributed by atoms with Crippen molar-refractivity contribution in [2.24, 2.45) is 11.8 Å². The summed E-state index contributed by atoms with van der Waals surface area (Å²) >= 11 is 0. The van der Waals surface area contributed by atoms with Crippen LogP contribution in [0.25, 0.3) is 0 Å². The van der Waals surface area contributed by atoms with E-state index in [-0.39, 0.29) is 0 Å². The van der Waals surface area contributed by atoms with Gasteiger partial charge >= 0.3 is 0 Å². The zero-order chi connectivity index (χ0) is 15.9. The van der Waals surface area contributed by atoms with E-state index >= 15 is 0 Å². The number of aliphatic hydroxyl groups is 2. The quantitative estimate of drug-likeness (QED) is 0.440. The van der Waals surface area contributed by atoms with Crippen LogP contribution in [-0.2, 0) is 0 Å². The Morgan fingerprint density at radius 2 is 1.09 bits per heavy atom. The van der Waals surface area contributed by atoms with E-state index in [4.69, 9.17) is 10.2 Å². The average molecular weight is 309 g/mol. The van der Waals surface area contributed by atoms with E-state index in [0.29, 0.717) is 13.2 Å². The van der Waals surface area contributed by atoms with E-state index in [0.717, 1.165) is 24.7 Å². The molecule has 2 atom stereocenters. The predicted octanol–water partition coefficient (Wildman–Crippen LogP) is 5.01. The summed E-state index contributed by atoms with van der Waals surface area (Å²) in [5, 5.41) is 17.1. The third-order valence-electron chi connectivity index (χ3n) is 4.69. The number of aliphatic hydroxyl groups excluding tert-OH is 2. The number of rotatable bonds is 10. The fourth-order valence-corrected chi connectivity index (χ4v) is 3.26. The molecule has 0 saturated heterocycles. The van der Waals surface area contributed by atoms with Crippen LogP contribution in [0.3, 0.4) is 0 Å². The minimum atomic E-state index is 0.362. The fraction of sp³-hybridized carbons (Fsp3) is 0.800. The number of allylic oxidation sites excluding steroid dienone is 4. The zero-order valence-corrected chi connectivity index (χ0v) is 14.3. The smallest absolute Gasteiger partial charge is 0.0431 e. The van der Waals surface area contributed by atoms with Crippen LogP contribution >= 0.6 is 0 Å². The number of hydrogen-bond acceptors (Lipinski definition) is 2. The minimum absolute atomic E-state index is 0.362. The summed E-state index contributed by atoms with van der Waals surface area (Å²) in [5.41, 5.74) is 0. The van der Waals surface area contributed by atoms with Gasteiger partial charge in [-0.2, -0.15) is 0 Å². The molecule has 0 radical (unpaired) electrons. The molecule has 0 bridgehead atoms. The normalized spacial score (nSPS) is 22.8. The van der Waals surface area contributed by atoms with Gasteiger partial charge in [0.15, 0.2) is 0 Å². The Balaban J connectivity index is 0.000000220. The first-order valence-corrected chi connectivity index (χ1v) is 9.42. The molecule has 0 aromatic carbocycles. The van der Waals surface area contributed by atoms with Crippen molar-refractivity contribution in [3.05, 3.63) is 24.3 Å². The molecule has 0 aliphatic heterocycles. The van der Waals surface area contributed by atoms with Crippen molar-refractivity contribution in [1.29, 1.82) is 0 Å². The van der Waals surface area contributed by atoms with Crippen molar-refractivity contribution < 1.29 is 10.2 Å². The average Bonchev–Trinajstić information content (AvgIpc) is 3.22. The van der Waals surface area contributed by atoms with E-state index in [9.17, 15) is 0 Å². The molecule has 2 aliphatic carbocycles. The van der Waals surface area contributed by atoms with Gasteiger partial charge in [-0.15, -0.1) is 0 Å². The molecule has 0 spiro atoms. The molecule has 2 aliphatic rings. The molecule has 0 aromatic heterocycles. The number of unbranched alkanes of at least 4 members (excludes halogenated alkanes) is 4. The molecular formula is C20H36O2. The maximum absolute atomic E-state index is 8.54. The SMILES string of the molecule is OCCCCCC1C=CCC1.OCCCCCC1C=CCC1. The summed E-state index contributed by atoms with van der Waals surface area (Å²) in [6.45, 7) is 0.723. The lowest BCUT2D eigenvalue weighted by molar-refractivity contribution is 0.281. The molecule has 2 nitrogen and oxygen atoms in total. The molecule has 0 saturated carbocycles. The van der Waals surface area contributed by atoms with Crippen LogP contribution in [0.4, 0.5) is 0 Å². The first kappa shape index (κ1) is 19.4. The van der Waals surface area contributed by atoms with Gasteiger partial charge in [-0.25, -0.2) is 0 Å². The van der Waals surface area contributed by atoms with E-state index in [1.165, 1.54) is 64.2 Å². The van der Waals surface area contributed by atoms with Gasteiger partial charge in [-0.05, 0) is 63.2 Å². The third kappa shape index (κ3) is 10.2. The van der Waals surface area contributed by atoms with Crippen molar-refractivity contribution in [3.63, 3.8) is 0 Å². The lowest BCUT2D eigenvalue weighted by Gasteiger charge is -2.05. The van der Waals surface area contributed by atoms with E-state index < -0.39 is 0 Å². The lowest BCUT2D eigenvalue weighted by atomic mass is 10.0. The summed E-state index contributed by atoms with van der Waals surface area (Å²) in [4.78, 5) is 0. The van der Waals surface area contributed by atoms with Crippen LogP contribution in [0.5, 0.6) is 0 Å². The van der Waals surface area contributed by atoms with Crippen molar-refractivity contribution in [1.82, 2.24) is 0 Å². The van der Waals surface area contributed by atoms with Crippen LogP contribution in [0, 0.1) is 11.8 Å². The molecule has 22 heavy (non-hydrogen) atoms. The number of hydrogen-bond donors (Lipinski definition) is 2. The first-order valence-electron chi connectivity index (χ1n) is 9.42. The van der Waals surface area contributed by atoms with Crippen LogP contribution in [0.1, 0.15) is 77.0 Å². The van der Waals surface area contributed by atoms with Gasteiger partial charge < -0.3 is 10.2 Å². The maximum Gasteiger partial charge on any atom is 0.0431 e. The summed E-state index contributed by atoms with van der Waals surface area (Å²) < 4.78 is 0. The summed E-state index contributed by atoms with van der Waals surface area (Å²) in [6.07, 6.45) is 24.1. The molecule has 0 fully saturated rings. The van der Waals surface area contributed by atoms with Gasteiger partial charge in [-0.3, -0.25) is 0 Å². The van der Waals surface area contributed by atoms with Crippen molar-refractivity contribution in [2.75, 3.05) is 13.2 Å². The molecule has 128 valence electrons. The van der Waals surface area contributed by atoms with Crippen LogP contribution in [-0.4, -0.2) is 23.4 Å². The molecule has 2 unspecified atom stereocenters. The van der Waals surface area contributed by atoms with E-state index in [1.54, 1.807) is 0 Å². The van der Waals surface area contributed by atoms with Gasteiger partial charge in [0.05, 0.1) is 0 Å². The Labute approximate surface area is 137 Å². The largest absolute Gasteiger partial charge is 0.396 e. The maximum atomic E-state index is 8.54. The second-order valence-electron chi connectivity index (χ2n) is 6.68. The Kier molecular flexibility index (Phi) is 12.4. The highest BCUT2D eigenvalue weighted by Crippen LogP contribution is 2.23. The van der Waals surface area contributed by atoms with Crippen LogP contribution in [0.2, 0.25) is 0 Å². The van der Waals surface area contributed by atoms with Crippen LogP contribution < -0.4 is 0 Å². The highest BCUT2D eigenvalue weighted by molar-refractivity contribution is 4.96. The summed E-state index contributed by atoms with van der Waals surface area (Å²) in [6, 6.07) is 0. The first-order chi connectivity index (χ1) is 10.9. The molecule has 2 N–H and O–H groups in total. The van der Waals surface area contributed by atoms with E-state index in [2.05, 4.69) is 24.3 Å². The zero-order valence-electron chi connectivity index (χ0n) is 14.3. The molecule has 0 heterocycles. The Morgan fingerprint density at radius 3 is 1.41 bits per heavy atom. The molecular weight excluding hydrogens is 272 g/mol. The predicted molar refractivity (Wildman–Crippen MR) is 94.8 cm³/mol. The van der Waals surface area contributed by atoms with Gasteiger partial charge in [0, 0.05) is 13.2 Å². The highest BCUT2D eigenvalue weighted by Gasteiger charge is 2.08. The lowest BCUT2D eigenvalue weighted by Crippen LogP contribution is -1.92. The second-order valence-corrected chi connectivity index (χ2v) is 6.68. The Bertz CT molecular complexity index is 266. The van der Waals surface area contributed by atoms with E-state index in [1.807, 2.05) is 0 Å². The second kappa shape index (κ2) is 14.0. The van der Waals surface area contributed by atoms with Gasteiger partial charge in [0.1, 0.15) is 0 Å². The molecule has 2 rings (SSSR count). The van der Waals surface area contributed by atoms with Gasteiger partial charge in [0.2, 0.25) is 0 Å². The fourth-order valence-electron chi connectivity index (χ4n) is 3.26. The Hall–Kier alpha value is -0.600. The third-order valence-corrected chi connectivity index (χ3v) is 4.69. The topological polar surface area (TPSA) is 40.5 Å². The molecule has 0 aromatic rings. The minimum Gasteiger partial charge on any atom is -0.396 e. The monoisotopic (exact) mass is 308 g/mol. The summed E-state index contributed by atoms with van der Waals surface area (Å²) in [7, 11) is 0. The Morgan fingerprint density at radius 1 is 0.636 bits per heavy atom. The highest BCUT2D eigenvalue weighted by atomic mass is 16.3. The van der Waals surface area contributed by atoms with Crippen molar-refractivity contribution in [3.8, 4) is 0 Å². The standard InChI is InChI=1S/2C10H18O/c2*11-9-5-1-2-6-10-7-3-4-8-10/h2*3,7,10-11H,1-2,4-6,8-9H2. The molecule has 0 amide bonds. The van der Waals surface area contributed by atoms with Crippen LogP contribution in [0.15, 0.2) is 24.3 Å². The van der Waals surface area contributed by atoms with Gasteiger partial charge in [-0.1, -0.05) is 50.0 Å². The molecule has 2 heteroatoms. The van der Waals surface area contributed by atoms with Crippen molar-refractivity contribution in [2.45, 2.75) is 77.0 Å².